The van der Waals surface area contributed by atoms with E-state index in [0.29, 0.717) is 24.3 Å². The van der Waals surface area contributed by atoms with Crippen molar-refractivity contribution in [2.45, 2.75) is 70.9 Å². The molecule has 4 heterocycles. The summed E-state index contributed by atoms with van der Waals surface area (Å²) in [6.45, 7) is 5.07. The Morgan fingerprint density at radius 2 is 1.88 bits per heavy atom. The van der Waals surface area contributed by atoms with Crippen LogP contribution in [0.2, 0.25) is 0 Å². The molecule has 2 aliphatic rings. The molecule has 1 aliphatic heterocycles. The Balaban J connectivity index is 1.69. The monoisotopic (exact) mass is 461 g/mol. The second kappa shape index (κ2) is 9.16. The van der Waals surface area contributed by atoms with E-state index in [0.717, 1.165) is 49.8 Å². The zero-order valence-electron chi connectivity index (χ0n) is 19.8. The van der Waals surface area contributed by atoms with Gasteiger partial charge in [-0.2, -0.15) is 0 Å². The summed E-state index contributed by atoms with van der Waals surface area (Å²) in [5.41, 5.74) is 1.50. The number of rotatable bonds is 5. The third-order valence-corrected chi connectivity index (χ3v) is 6.85. The third-order valence-electron chi connectivity index (χ3n) is 6.85. The quantitative estimate of drug-likeness (QED) is 0.623. The minimum Gasteiger partial charge on any atom is -0.332 e. The summed E-state index contributed by atoms with van der Waals surface area (Å²) in [4.78, 5) is 53.2. The first-order valence-corrected chi connectivity index (χ1v) is 12.3. The van der Waals surface area contributed by atoms with Gasteiger partial charge >= 0.3 is 5.69 Å². The fraction of sp³-hybridized carbons (Fsp3) is 0.500. The molecule has 1 N–H and O–H groups in total. The number of aromatic nitrogens is 4. The Morgan fingerprint density at radius 1 is 1.12 bits per heavy atom. The predicted molar refractivity (Wildman–Crippen MR) is 130 cm³/mol. The van der Waals surface area contributed by atoms with Crippen molar-refractivity contribution in [1.29, 1.82) is 0 Å². The molecule has 8 heteroatoms. The first-order chi connectivity index (χ1) is 16.4. The molecule has 0 radical (unpaired) electrons. The minimum atomic E-state index is -0.548. The van der Waals surface area contributed by atoms with Crippen molar-refractivity contribution in [3.05, 3.63) is 68.3 Å². The zero-order chi connectivity index (χ0) is 23.8. The van der Waals surface area contributed by atoms with Crippen LogP contribution in [-0.2, 0) is 6.54 Å². The molecule has 1 unspecified atom stereocenters. The molecule has 8 nitrogen and oxygen atoms in total. The van der Waals surface area contributed by atoms with Gasteiger partial charge in [0.25, 0.3) is 11.5 Å². The number of nitrogens with zero attached hydrogens (tertiary/aromatic N) is 4. The molecule has 3 aromatic heterocycles. The topological polar surface area (TPSA) is 101 Å². The smallest absolute Gasteiger partial charge is 0.330 e. The van der Waals surface area contributed by atoms with Gasteiger partial charge in [0.15, 0.2) is 5.65 Å². The van der Waals surface area contributed by atoms with Crippen LogP contribution in [-0.4, -0.2) is 36.9 Å². The van der Waals surface area contributed by atoms with Crippen LogP contribution in [0.15, 0.2) is 40.2 Å². The van der Waals surface area contributed by atoms with Crippen molar-refractivity contribution in [2.24, 2.45) is 5.92 Å². The van der Waals surface area contributed by atoms with E-state index >= 15 is 0 Å². The van der Waals surface area contributed by atoms with Crippen molar-refractivity contribution in [2.75, 3.05) is 6.54 Å². The summed E-state index contributed by atoms with van der Waals surface area (Å²) in [6.07, 6.45) is 9.40. The first-order valence-electron chi connectivity index (χ1n) is 12.3. The molecule has 1 atom stereocenters. The van der Waals surface area contributed by atoms with E-state index in [4.69, 9.17) is 4.98 Å². The maximum Gasteiger partial charge on any atom is 0.330 e. The first kappa shape index (κ1) is 22.5. The zero-order valence-corrected chi connectivity index (χ0v) is 19.8. The minimum absolute atomic E-state index is 0.0776. The molecule has 5 rings (SSSR count). The summed E-state index contributed by atoms with van der Waals surface area (Å²) < 4.78 is 1.52. The highest BCUT2D eigenvalue weighted by Gasteiger charge is 2.33. The second-order valence-electron chi connectivity index (χ2n) is 9.98. The van der Waals surface area contributed by atoms with Gasteiger partial charge in [-0.1, -0.05) is 26.7 Å². The highest BCUT2D eigenvalue weighted by molar-refractivity contribution is 6.05. The summed E-state index contributed by atoms with van der Waals surface area (Å²) in [5.74, 6) is 0.287. The average molecular weight is 462 g/mol. The van der Waals surface area contributed by atoms with E-state index in [1.807, 2.05) is 30.9 Å². The van der Waals surface area contributed by atoms with Crippen molar-refractivity contribution >= 4 is 16.9 Å². The fourth-order valence-corrected chi connectivity index (χ4v) is 5.02. The van der Waals surface area contributed by atoms with Gasteiger partial charge in [-0.25, -0.2) is 9.78 Å². The number of H-pyrrole nitrogens is 1. The normalized spacial score (nSPS) is 18.9. The van der Waals surface area contributed by atoms with Crippen LogP contribution >= 0.6 is 0 Å². The molecule has 1 saturated heterocycles. The number of carbonyl (C=O) groups is 1. The molecule has 0 aromatic carbocycles. The molecule has 3 aromatic rings. The van der Waals surface area contributed by atoms with Crippen LogP contribution in [0.3, 0.4) is 0 Å². The van der Waals surface area contributed by atoms with E-state index in [-0.39, 0.29) is 29.2 Å². The molecule has 1 aliphatic carbocycles. The molecule has 178 valence electrons. The van der Waals surface area contributed by atoms with Gasteiger partial charge in [0.2, 0.25) is 0 Å². The Kier molecular flexibility index (Phi) is 6.06. The standard InChI is InChI=1S/C26H31N5O3/c1-16(2)15-31-23-22(24(32)29-26(31)34)19(14-20(28-23)17-7-8-17)25(33)30-13-5-3-4-6-21(30)18-9-11-27-12-10-18/h9-12,14,16-17,21H,3-8,13,15H2,1-2H3,(H,29,32,34). The Bertz CT molecular complexity index is 1320. The molecule has 34 heavy (non-hydrogen) atoms. The van der Waals surface area contributed by atoms with Crippen LogP contribution in [0, 0.1) is 5.92 Å². The van der Waals surface area contributed by atoms with Gasteiger partial charge in [-0.15, -0.1) is 0 Å². The molecule has 1 saturated carbocycles. The van der Waals surface area contributed by atoms with Gasteiger partial charge in [0.05, 0.1) is 17.0 Å². The molecular formula is C26H31N5O3. The van der Waals surface area contributed by atoms with E-state index in [1.165, 1.54) is 4.57 Å². The highest BCUT2D eigenvalue weighted by atomic mass is 16.2. The summed E-state index contributed by atoms with van der Waals surface area (Å²) >= 11 is 0. The summed E-state index contributed by atoms with van der Waals surface area (Å²) in [6, 6.07) is 5.65. The number of hydrogen-bond acceptors (Lipinski definition) is 5. The number of likely N-dealkylation sites (tertiary alicyclic amines) is 1. The number of pyridine rings is 2. The lowest BCUT2D eigenvalue weighted by molar-refractivity contribution is 0.0682. The van der Waals surface area contributed by atoms with Gasteiger partial charge in [0, 0.05) is 37.1 Å². The summed E-state index contributed by atoms with van der Waals surface area (Å²) in [7, 11) is 0. The lowest BCUT2D eigenvalue weighted by Gasteiger charge is -2.31. The van der Waals surface area contributed by atoms with Crippen molar-refractivity contribution in [3.8, 4) is 0 Å². The number of nitrogens with one attached hydrogen (secondary N) is 1. The van der Waals surface area contributed by atoms with E-state index in [1.54, 1.807) is 18.5 Å². The Labute approximate surface area is 198 Å². The van der Waals surface area contributed by atoms with Crippen molar-refractivity contribution in [1.82, 2.24) is 24.4 Å². The maximum absolute atomic E-state index is 14.2. The number of hydrogen-bond donors (Lipinski definition) is 1. The third kappa shape index (κ3) is 4.29. The van der Waals surface area contributed by atoms with E-state index < -0.39 is 11.2 Å². The molecule has 0 bridgehead atoms. The largest absolute Gasteiger partial charge is 0.332 e. The molecular weight excluding hydrogens is 430 g/mol. The molecule has 2 fully saturated rings. The van der Waals surface area contributed by atoms with E-state index in [2.05, 4.69) is 9.97 Å². The lowest BCUT2D eigenvalue weighted by Crippen LogP contribution is -2.37. The van der Waals surface area contributed by atoms with Crippen LogP contribution < -0.4 is 11.2 Å². The Hall–Kier alpha value is -3.29. The highest BCUT2D eigenvalue weighted by Crippen LogP contribution is 2.40. The van der Waals surface area contributed by atoms with Crippen LogP contribution in [0.5, 0.6) is 0 Å². The van der Waals surface area contributed by atoms with Crippen LogP contribution in [0.4, 0.5) is 0 Å². The SMILES string of the molecule is CC(C)Cn1c(=O)[nH]c(=O)c2c(C(=O)N3CCCCCC3c3ccncc3)cc(C3CC3)nc21. The van der Waals surface area contributed by atoms with E-state index in [9.17, 15) is 14.4 Å². The van der Waals surface area contributed by atoms with Crippen molar-refractivity contribution in [3.63, 3.8) is 0 Å². The van der Waals surface area contributed by atoms with Gasteiger partial charge in [0.1, 0.15) is 0 Å². The summed E-state index contributed by atoms with van der Waals surface area (Å²) in [5, 5.41) is 0.215. The van der Waals surface area contributed by atoms with Gasteiger partial charge in [-0.05, 0) is 55.4 Å². The lowest BCUT2D eigenvalue weighted by atomic mass is 10.00. The maximum atomic E-state index is 14.2. The number of aromatic amines is 1. The number of amides is 1. The Morgan fingerprint density at radius 3 is 2.59 bits per heavy atom. The van der Waals surface area contributed by atoms with Gasteiger partial charge in [-0.3, -0.25) is 24.1 Å². The van der Waals surface area contributed by atoms with Crippen LogP contribution in [0.25, 0.3) is 11.0 Å². The average Bonchev–Trinajstić information content (AvgIpc) is 3.68. The fourth-order valence-electron chi connectivity index (χ4n) is 5.02. The number of carbonyl (C=O) groups excluding carboxylic acids is 1. The van der Waals surface area contributed by atoms with Gasteiger partial charge < -0.3 is 4.90 Å². The van der Waals surface area contributed by atoms with Crippen LogP contribution in [0.1, 0.15) is 85.9 Å². The predicted octanol–water partition coefficient (Wildman–Crippen LogP) is 3.77. The number of fused-ring (bicyclic) bond motifs is 1. The molecule has 1 amide bonds. The molecule has 0 spiro atoms. The van der Waals surface area contributed by atoms with Crippen molar-refractivity contribution < 1.29 is 4.79 Å². The second-order valence-corrected chi connectivity index (χ2v) is 9.98.